The number of carbonyl (C=O) groups is 2. The first-order chi connectivity index (χ1) is 15.7. The Hall–Kier alpha value is -2.80. The van der Waals surface area contributed by atoms with Crippen molar-refractivity contribution in [3.63, 3.8) is 0 Å². The normalized spacial score (nSPS) is 13.8. The van der Waals surface area contributed by atoms with Gasteiger partial charge in [-0.25, -0.2) is 4.98 Å². The molecule has 0 aliphatic carbocycles. The van der Waals surface area contributed by atoms with Crippen LogP contribution in [0.1, 0.15) is 57.4 Å². The van der Waals surface area contributed by atoms with Gasteiger partial charge in [0.1, 0.15) is 18.0 Å². The van der Waals surface area contributed by atoms with Crippen molar-refractivity contribution in [1.82, 2.24) is 4.98 Å². The van der Waals surface area contributed by atoms with Gasteiger partial charge in [0.15, 0.2) is 23.0 Å². The number of aromatic nitrogens is 1. The number of carbonyl (C=O) groups excluding carboxylic acids is 2. The van der Waals surface area contributed by atoms with E-state index in [9.17, 15) is 14.7 Å². The van der Waals surface area contributed by atoms with Crippen LogP contribution in [0.5, 0.6) is 17.2 Å². The van der Waals surface area contributed by atoms with E-state index < -0.39 is 23.8 Å². The molecule has 0 saturated heterocycles. The summed E-state index contributed by atoms with van der Waals surface area (Å²) < 4.78 is 16.9. The Bertz CT molecular complexity index is 929. The molecule has 0 saturated carbocycles. The second-order valence-electron chi connectivity index (χ2n) is 7.99. The van der Waals surface area contributed by atoms with Gasteiger partial charge in [0.2, 0.25) is 0 Å². The predicted molar refractivity (Wildman–Crippen MR) is 126 cm³/mol. The number of pyridine rings is 1. The maximum atomic E-state index is 12.8. The minimum atomic E-state index is -0.731. The molecular formula is C25H32ClNO6. The number of nitrogens with zero attached hydrogens (tertiary/aromatic N) is 1. The molecule has 1 N–H and O–H groups in total. The quantitative estimate of drug-likeness (QED) is 0.319. The smallest absolute Gasteiger partial charge is 0.309 e. The number of methoxy groups -OCH3 is 1. The molecule has 33 heavy (non-hydrogen) atoms. The number of rotatable bonds is 12. The van der Waals surface area contributed by atoms with E-state index in [-0.39, 0.29) is 35.6 Å². The lowest BCUT2D eigenvalue weighted by atomic mass is 9.92. The van der Waals surface area contributed by atoms with Crippen molar-refractivity contribution in [1.29, 1.82) is 0 Å². The molecule has 2 aromatic rings. The van der Waals surface area contributed by atoms with Crippen molar-refractivity contribution in [2.24, 2.45) is 11.8 Å². The SMILES string of the molecule is CCC(CC)[C@@H](Oc1ccc(Cl)cc1)[C@H](C)OC(=O)[C@H](C)CC(=O)c1nccc(OC)c1O. The summed E-state index contributed by atoms with van der Waals surface area (Å²) in [4.78, 5) is 29.3. The molecule has 1 aromatic carbocycles. The van der Waals surface area contributed by atoms with Crippen molar-refractivity contribution >= 4 is 23.4 Å². The van der Waals surface area contributed by atoms with Crippen LogP contribution in [-0.2, 0) is 9.53 Å². The molecule has 1 aromatic heterocycles. The maximum absolute atomic E-state index is 12.8. The van der Waals surface area contributed by atoms with Crippen LogP contribution in [0.25, 0.3) is 0 Å². The molecule has 3 atom stereocenters. The van der Waals surface area contributed by atoms with Gasteiger partial charge in [-0.2, -0.15) is 0 Å². The van der Waals surface area contributed by atoms with E-state index in [4.69, 9.17) is 25.8 Å². The van der Waals surface area contributed by atoms with Gasteiger partial charge in [-0.05, 0) is 49.9 Å². The molecule has 0 radical (unpaired) electrons. The van der Waals surface area contributed by atoms with E-state index >= 15 is 0 Å². The number of ketones is 1. The third kappa shape index (κ3) is 7.09. The number of hydrogen-bond donors (Lipinski definition) is 1. The summed E-state index contributed by atoms with van der Waals surface area (Å²) in [7, 11) is 1.38. The zero-order valence-corrected chi connectivity index (χ0v) is 20.5. The lowest BCUT2D eigenvalue weighted by Gasteiger charge is -2.31. The first kappa shape index (κ1) is 26.5. The molecule has 0 aliphatic heterocycles. The molecule has 180 valence electrons. The van der Waals surface area contributed by atoms with Crippen molar-refractivity contribution in [2.75, 3.05) is 7.11 Å². The topological polar surface area (TPSA) is 95.0 Å². The van der Waals surface area contributed by atoms with Crippen molar-refractivity contribution in [2.45, 2.75) is 59.2 Å². The summed E-state index contributed by atoms with van der Waals surface area (Å²) in [5, 5.41) is 10.8. The van der Waals surface area contributed by atoms with E-state index in [1.165, 1.54) is 19.4 Å². The lowest BCUT2D eigenvalue weighted by molar-refractivity contribution is -0.158. The number of Topliss-reactive ketones (excluding diaryl/α,β-unsaturated/α-hetero) is 1. The first-order valence-corrected chi connectivity index (χ1v) is 11.5. The number of aromatic hydroxyl groups is 1. The molecule has 0 amide bonds. The van der Waals surface area contributed by atoms with Gasteiger partial charge in [-0.1, -0.05) is 32.4 Å². The van der Waals surface area contributed by atoms with Crippen LogP contribution in [0.15, 0.2) is 36.5 Å². The highest BCUT2D eigenvalue weighted by molar-refractivity contribution is 6.30. The first-order valence-electron chi connectivity index (χ1n) is 11.1. The molecule has 0 fully saturated rings. The second kappa shape index (κ2) is 12.4. The fourth-order valence-electron chi connectivity index (χ4n) is 3.63. The van der Waals surface area contributed by atoms with Crippen LogP contribution < -0.4 is 9.47 Å². The Morgan fingerprint density at radius 2 is 1.73 bits per heavy atom. The molecule has 0 aliphatic rings. The van der Waals surface area contributed by atoms with Crippen LogP contribution in [0.3, 0.4) is 0 Å². The molecule has 0 unspecified atom stereocenters. The summed E-state index contributed by atoms with van der Waals surface area (Å²) in [6.45, 7) is 7.53. The fourth-order valence-corrected chi connectivity index (χ4v) is 3.75. The third-order valence-corrected chi connectivity index (χ3v) is 5.88. The van der Waals surface area contributed by atoms with Gasteiger partial charge in [-0.3, -0.25) is 9.59 Å². The third-order valence-electron chi connectivity index (χ3n) is 5.63. The van der Waals surface area contributed by atoms with Gasteiger partial charge < -0.3 is 19.3 Å². The highest BCUT2D eigenvalue weighted by Crippen LogP contribution is 2.30. The molecule has 1 heterocycles. The molecular weight excluding hydrogens is 446 g/mol. The summed E-state index contributed by atoms with van der Waals surface area (Å²) in [6, 6.07) is 8.49. The Morgan fingerprint density at radius 3 is 2.30 bits per heavy atom. The van der Waals surface area contributed by atoms with Crippen molar-refractivity contribution in [3.8, 4) is 17.2 Å². The highest BCUT2D eigenvalue weighted by atomic mass is 35.5. The number of benzene rings is 1. The van der Waals surface area contributed by atoms with Gasteiger partial charge >= 0.3 is 5.97 Å². The van der Waals surface area contributed by atoms with Gasteiger partial charge in [0.05, 0.1) is 13.0 Å². The van der Waals surface area contributed by atoms with E-state index in [0.717, 1.165) is 12.8 Å². The lowest BCUT2D eigenvalue weighted by Crippen LogP contribution is -2.40. The van der Waals surface area contributed by atoms with Gasteiger partial charge in [0.25, 0.3) is 0 Å². The van der Waals surface area contributed by atoms with Crippen LogP contribution in [0, 0.1) is 11.8 Å². The zero-order valence-electron chi connectivity index (χ0n) is 19.7. The number of hydrogen-bond acceptors (Lipinski definition) is 7. The largest absolute Gasteiger partial charge is 0.503 e. The Morgan fingerprint density at radius 1 is 1.09 bits per heavy atom. The molecule has 8 heteroatoms. The van der Waals surface area contributed by atoms with Gasteiger partial charge in [-0.15, -0.1) is 0 Å². The van der Waals surface area contributed by atoms with E-state index in [2.05, 4.69) is 18.8 Å². The monoisotopic (exact) mass is 477 g/mol. The summed E-state index contributed by atoms with van der Waals surface area (Å²) in [5.41, 5.74) is -0.136. The standard InChI is InChI=1S/C25H32ClNO6/c1-6-17(7-2)24(33-19-10-8-18(26)9-11-19)16(4)32-25(30)15(3)14-20(28)22-23(29)21(31-5)12-13-27-22/h8-13,15-17,24,29H,6-7,14H2,1-5H3/t15-,16+,24+/m1/s1. The van der Waals surface area contributed by atoms with E-state index in [1.54, 1.807) is 38.1 Å². The minimum absolute atomic E-state index is 0.136. The average molecular weight is 478 g/mol. The van der Waals surface area contributed by atoms with Crippen LogP contribution in [0.2, 0.25) is 5.02 Å². The predicted octanol–water partition coefficient (Wildman–Crippen LogP) is 5.47. The summed E-state index contributed by atoms with van der Waals surface area (Å²) >= 11 is 5.96. The zero-order chi connectivity index (χ0) is 24.5. The van der Waals surface area contributed by atoms with Gasteiger partial charge in [0, 0.05) is 23.7 Å². The number of ether oxygens (including phenoxy) is 3. The Labute approximate surface area is 200 Å². The van der Waals surface area contributed by atoms with Crippen molar-refractivity contribution < 1.29 is 28.9 Å². The fraction of sp³-hybridized carbons (Fsp3) is 0.480. The van der Waals surface area contributed by atoms with Crippen LogP contribution in [-0.4, -0.2) is 41.2 Å². The maximum Gasteiger partial charge on any atom is 0.309 e. The van der Waals surface area contributed by atoms with Crippen LogP contribution >= 0.6 is 11.6 Å². The average Bonchev–Trinajstić information content (AvgIpc) is 2.80. The number of esters is 1. The molecule has 2 rings (SSSR count). The number of halogens is 1. The van der Waals surface area contributed by atoms with Crippen LogP contribution in [0.4, 0.5) is 0 Å². The van der Waals surface area contributed by atoms with E-state index in [0.29, 0.717) is 10.8 Å². The second-order valence-corrected chi connectivity index (χ2v) is 8.43. The molecule has 7 nitrogen and oxygen atoms in total. The Kier molecular flexibility index (Phi) is 9.97. The highest BCUT2D eigenvalue weighted by Gasteiger charge is 2.32. The molecule has 0 spiro atoms. The van der Waals surface area contributed by atoms with Crippen molar-refractivity contribution in [3.05, 3.63) is 47.2 Å². The van der Waals surface area contributed by atoms with E-state index in [1.807, 2.05) is 0 Å². The summed E-state index contributed by atoms with van der Waals surface area (Å²) in [5.74, 6) is -1.12. The summed E-state index contributed by atoms with van der Waals surface area (Å²) in [6.07, 6.45) is 2.01. The Balaban J connectivity index is 2.08. The molecule has 0 bridgehead atoms. The minimum Gasteiger partial charge on any atom is -0.503 e.